The summed E-state index contributed by atoms with van der Waals surface area (Å²) in [7, 11) is 5.04. The predicted octanol–water partition coefficient (Wildman–Crippen LogP) is 2.90. The maximum absolute atomic E-state index is 13.5. The number of ether oxygens (including phenoxy) is 2. The Morgan fingerprint density at radius 3 is 2.66 bits per heavy atom. The molecular formula is C30H35N7O4. The van der Waals surface area contributed by atoms with E-state index in [1.165, 1.54) is 13.3 Å². The van der Waals surface area contributed by atoms with Gasteiger partial charge in [-0.1, -0.05) is 18.2 Å². The van der Waals surface area contributed by atoms with Crippen molar-refractivity contribution in [3.8, 4) is 0 Å². The van der Waals surface area contributed by atoms with E-state index in [4.69, 9.17) is 14.5 Å². The fourth-order valence-corrected chi connectivity index (χ4v) is 5.20. The topological polar surface area (TPSA) is 122 Å². The maximum Gasteiger partial charge on any atom is 0.356 e. The zero-order valence-electron chi connectivity index (χ0n) is 23.8. The van der Waals surface area contributed by atoms with Crippen molar-refractivity contribution in [3.63, 3.8) is 0 Å². The number of anilines is 3. The number of pyridine rings is 1. The first-order valence-corrected chi connectivity index (χ1v) is 13.6. The van der Waals surface area contributed by atoms with Crippen molar-refractivity contribution < 1.29 is 19.1 Å². The lowest BCUT2D eigenvalue weighted by molar-refractivity contribution is -0.124. The van der Waals surface area contributed by atoms with Gasteiger partial charge in [-0.25, -0.2) is 19.7 Å². The number of likely N-dealkylation sites (N-methyl/N-ethyl adjacent to an activating group) is 1. The Bertz CT molecular complexity index is 1470. The van der Waals surface area contributed by atoms with Gasteiger partial charge in [0.05, 0.1) is 19.4 Å². The molecule has 2 N–H and O–H groups in total. The molecule has 11 heteroatoms. The van der Waals surface area contributed by atoms with Crippen LogP contribution >= 0.6 is 0 Å². The second kappa shape index (κ2) is 12.5. The number of carbonyl (C=O) groups is 2. The average Bonchev–Trinajstić information content (AvgIpc) is 3.42. The minimum Gasteiger partial charge on any atom is -0.464 e. The maximum atomic E-state index is 13.5. The Balaban J connectivity index is 1.36. The zero-order valence-corrected chi connectivity index (χ0v) is 23.8. The van der Waals surface area contributed by atoms with E-state index >= 15 is 0 Å². The minimum absolute atomic E-state index is 0.0633. The number of methoxy groups -OCH3 is 2. The number of esters is 1. The number of hydrogen-bond donors (Lipinski definition) is 2. The van der Waals surface area contributed by atoms with Crippen LogP contribution in [-0.2, 0) is 20.7 Å². The lowest BCUT2D eigenvalue weighted by Gasteiger charge is -2.36. The largest absolute Gasteiger partial charge is 0.464 e. The third-order valence-electron chi connectivity index (χ3n) is 7.48. The van der Waals surface area contributed by atoms with Gasteiger partial charge in [0, 0.05) is 62.6 Å². The highest BCUT2D eigenvalue weighted by atomic mass is 16.5. The second-order valence-electron chi connectivity index (χ2n) is 10.2. The van der Waals surface area contributed by atoms with Gasteiger partial charge in [0.1, 0.15) is 11.7 Å². The lowest BCUT2D eigenvalue weighted by Crippen LogP contribution is -2.54. The van der Waals surface area contributed by atoms with Gasteiger partial charge >= 0.3 is 5.97 Å². The molecule has 0 bridgehead atoms. The highest BCUT2D eigenvalue weighted by molar-refractivity contribution is 5.98. The number of aryl methyl sites for hydroxylation is 1. The van der Waals surface area contributed by atoms with Crippen LogP contribution in [0, 0.1) is 6.92 Å². The van der Waals surface area contributed by atoms with Crippen molar-refractivity contribution in [2.75, 3.05) is 64.7 Å². The number of aromatic nitrogens is 3. The van der Waals surface area contributed by atoms with E-state index in [1.807, 2.05) is 19.1 Å². The van der Waals surface area contributed by atoms with Crippen molar-refractivity contribution in [2.24, 2.45) is 0 Å². The molecule has 0 unspecified atom stereocenters. The molecule has 1 saturated heterocycles. The van der Waals surface area contributed by atoms with E-state index in [1.54, 1.807) is 25.4 Å². The number of hydrogen-bond acceptors (Lipinski definition) is 10. The van der Waals surface area contributed by atoms with E-state index in [0.29, 0.717) is 24.7 Å². The van der Waals surface area contributed by atoms with E-state index < -0.39 is 5.97 Å². The van der Waals surface area contributed by atoms with Gasteiger partial charge in [0.25, 0.3) is 0 Å². The number of piperazine rings is 1. The van der Waals surface area contributed by atoms with E-state index in [0.717, 1.165) is 59.8 Å². The second-order valence-corrected chi connectivity index (χ2v) is 10.2. The molecule has 1 amide bonds. The number of allylic oxidation sites excluding steroid dienone is 1. The van der Waals surface area contributed by atoms with Crippen molar-refractivity contribution in [1.29, 1.82) is 0 Å². The number of rotatable bonds is 9. The Hall–Kier alpha value is -4.19. The lowest BCUT2D eigenvalue weighted by atomic mass is 9.99. The Morgan fingerprint density at radius 1 is 1.10 bits per heavy atom. The minimum atomic E-state index is -0.521. The molecule has 1 aromatic carbocycles. The number of amides is 1. The summed E-state index contributed by atoms with van der Waals surface area (Å²) in [5.41, 5.74) is 6.37. The molecule has 2 aliphatic rings. The van der Waals surface area contributed by atoms with Crippen LogP contribution in [0.3, 0.4) is 0 Å². The molecule has 0 saturated carbocycles. The number of nitrogens with one attached hydrogen (secondary N) is 2. The summed E-state index contributed by atoms with van der Waals surface area (Å²) in [6.07, 6.45) is 6.09. The fraction of sp³-hybridized carbons (Fsp3) is 0.367. The molecule has 1 aliphatic heterocycles. The Morgan fingerprint density at radius 2 is 1.90 bits per heavy atom. The van der Waals surface area contributed by atoms with Gasteiger partial charge in [-0.3, -0.25) is 9.69 Å². The summed E-state index contributed by atoms with van der Waals surface area (Å²) < 4.78 is 10.2. The van der Waals surface area contributed by atoms with Crippen molar-refractivity contribution in [2.45, 2.75) is 19.4 Å². The smallest absolute Gasteiger partial charge is 0.356 e. The van der Waals surface area contributed by atoms with Crippen LogP contribution < -0.4 is 10.6 Å². The predicted molar refractivity (Wildman–Crippen MR) is 156 cm³/mol. The molecule has 3 aromatic rings. The van der Waals surface area contributed by atoms with Crippen molar-refractivity contribution in [1.82, 2.24) is 24.8 Å². The molecule has 214 valence electrons. The number of carbonyl (C=O) groups excluding carboxylic acids is 2. The standard InChI is InChI=1S/C30H35N7O4/c1-19-17-32-30(33-20-10-11-31-25(16-20)29(39)41-4)35-27(19)23-9-8-22-21(23)6-5-7-24(22)34-28(38)26(18-40-3)37-14-12-36(2)13-15-37/h5-7,9-11,16-17,26H,8,12-15,18H2,1-4H3,(H,34,38)(H,31,32,33,35)/t26-/m1/s1. The van der Waals surface area contributed by atoms with Gasteiger partial charge in [0.15, 0.2) is 0 Å². The highest BCUT2D eigenvalue weighted by Gasteiger charge is 2.30. The molecular weight excluding hydrogens is 522 g/mol. The van der Waals surface area contributed by atoms with Crippen LogP contribution in [0.5, 0.6) is 0 Å². The van der Waals surface area contributed by atoms with Crippen LogP contribution in [-0.4, -0.2) is 96.7 Å². The molecule has 1 aliphatic carbocycles. The van der Waals surface area contributed by atoms with Crippen molar-refractivity contribution in [3.05, 3.63) is 76.9 Å². The van der Waals surface area contributed by atoms with Gasteiger partial charge in [-0.15, -0.1) is 0 Å². The van der Waals surface area contributed by atoms with Gasteiger partial charge < -0.3 is 25.0 Å². The number of nitrogens with zero attached hydrogens (tertiary/aromatic N) is 5. The third-order valence-corrected chi connectivity index (χ3v) is 7.48. The SMILES string of the molecule is COC[C@H](C(=O)Nc1cccc2c1CC=C2c1nc(Nc2ccnc(C(=O)OC)c2)ncc1C)N1CCN(C)CC1. The third kappa shape index (κ3) is 6.27. The monoisotopic (exact) mass is 557 g/mol. The summed E-state index contributed by atoms with van der Waals surface area (Å²) in [4.78, 5) is 43.1. The summed E-state index contributed by atoms with van der Waals surface area (Å²) in [6, 6.07) is 8.92. The first-order valence-electron chi connectivity index (χ1n) is 13.6. The molecule has 41 heavy (non-hydrogen) atoms. The van der Waals surface area contributed by atoms with Gasteiger partial charge in [-0.2, -0.15) is 0 Å². The zero-order chi connectivity index (χ0) is 28.9. The molecule has 1 atom stereocenters. The normalized spacial score (nSPS) is 16.0. The quantitative estimate of drug-likeness (QED) is 0.380. The van der Waals surface area contributed by atoms with Crippen LogP contribution in [0.1, 0.15) is 32.9 Å². The summed E-state index contributed by atoms with van der Waals surface area (Å²) in [5, 5.41) is 6.35. The summed E-state index contributed by atoms with van der Waals surface area (Å²) in [5.74, 6) is -0.195. The van der Waals surface area contributed by atoms with E-state index in [2.05, 4.69) is 49.6 Å². The fourth-order valence-electron chi connectivity index (χ4n) is 5.20. The Labute approximate surface area is 239 Å². The molecule has 1 fully saturated rings. The molecule has 11 nitrogen and oxygen atoms in total. The highest BCUT2D eigenvalue weighted by Crippen LogP contribution is 2.37. The molecule has 0 spiro atoms. The van der Waals surface area contributed by atoms with E-state index in [9.17, 15) is 9.59 Å². The first-order chi connectivity index (χ1) is 19.9. The molecule has 0 radical (unpaired) electrons. The van der Waals surface area contributed by atoms with Gasteiger partial charge in [0.2, 0.25) is 11.9 Å². The molecule has 3 heterocycles. The van der Waals surface area contributed by atoms with Gasteiger partial charge in [-0.05, 0) is 55.3 Å². The summed E-state index contributed by atoms with van der Waals surface area (Å²) in [6.45, 7) is 5.79. The first kappa shape index (κ1) is 28.3. The van der Waals surface area contributed by atoms with Crippen LogP contribution in [0.4, 0.5) is 17.3 Å². The van der Waals surface area contributed by atoms with Crippen LogP contribution in [0.25, 0.3) is 5.57 Å². The molecule has 5 rings (SSSR count). The van der Waals surface area contributed by atoms with Crippen molar-refractivity contribution >= 4 is 34.8 Å². The van der Waals surface area contributed by atoms with E-state index in [-0.39, 0.29) is 17.6 Å². The van der Waals surface area contributed by atoms with Crippen LogP contribution in [0.15, 0.2) is 48.8 Å². The Kier molecular flexibility index (Phi) is 8.67. The molecule has 2 aromatic heterocycles. The summed E-state index contributed by atoms with van der Waals surface area (Å²) >= 11 is 0. The number of benzene rings is 1. The number of fused-ring (bicyclic) bond motifs is 1. The van der Waals surface area contributed by atoms with Crippen LogP contribution in [0.2, 0.25) is 0 Å². The average molecular weight is 558 g/mol.